The third-order valence-electron chi connectivity index (χ3n) is 5.12. The molecule has 2 amide bonds. The molecular formula is C23H27F3N4O2. The first-order chi connectivity index (χ1) is 15.2. The number of anilines is 1. The molecule has 0 radical (unpaired) electrons. The summed E-state index contributed by atoms with van der Waals surface area (Å²) in [6, 6.07) is 12.5. The summed E-state index contributed by atoms with van der Waals surface area (Å²) in [4.78, 5) is 21.6. The van der Waals surface area contributed by atoms with Gasteiger partial charge in [-0.3, -0.25) is 0 Å². The Bertz CT molecular complexity index is 958. The molecule has 1 aliphatic heterocycles. The highest BCUT2D eigenvalue weighted by Gasteiger charge is 2.31. The van der Waals surface area contributed by atoms with Crippen molar-refractivity contribution >= 4 is 17.4 Å². The Morgan fingerprint density at radius 3 is 2.53 bits per heavy atom. The molecular weight excluding hydrogens is 421 g/mol. The number of hydrogen-bond donors (Lipinski definition) is 1. The highest BCUT2D eigenvalue weighted by molar-refractivity contribution is 6.01. The van der Waals surface area contributed by atoms with Gasteiger partial charge in [-0.05, 0) is 42.3 Å². The number of urea groups is 1. The molecule has 0 saturated carbocycles. The van der Waals surface area contributed by atoms with Crippen LogP contribution in [0.15, 0.2) is 53.7 Å². The van der Waals surface area contributed by atoms with Crippen molar-refractivity contribution in [2.75, 3.05) is 32.1 Å². The Morgan fingerprint density at radius 1 is 1.19 bits per heavy atom. The number of carbonyl (C=O) groups excluding carboxylic acids is 1. The lowest BCUT2D eigenvalue weighted by Crippen LogP contribution is -2.43. The second kappa shape index (κ2) is 9.93. The van der Waals surface area contributed by atoms with Gasteiger partial charge in [0.05, 0.1) is 17.8 Å². The monoisotopic (exact) mass is 448 g/mol. The van der Waals surface area contributed by atoms with Gasteiger partial charge in [0.2, 0.25) is 0 Å². The SMILES string of the molecule is CCNC(=O)N(Cc1cccc(C(F)(F)F)c1)C[C@H]1CC(c2ccc(N(C)C)cc2)=NO1. The van der Waals surface area contributed by atoms with Crippen molar-refractivity contribution in [2.45, 2.75) is 32.2 Å². The van der Waals surface area contributed by atoms with Gasteiger partial charge < -0.3 is 20.0 Å². The third-order valence-corrected chi connectivity index (χ3v) is 5.12. The number of amides is 2. The maximum Gasteiger partial charge on any atom is 0.416 e. The minimum absolute atomic E-state index is 0.0302. The number of oxime groups is 1. The Hall–Kier alpha value is -3.23. The highest BCUT2D eigenvalue weighted by atomic mass is 19.4. The fourth-order valence-electron chi connectivity index (χ4n) is 3.44. The summed E-state index contributed by atoms with van der Waals surface area (Å²) in [5, 5.41) is 6.88. The van der Waals surface area contributed by atoms with Crippen molar-refractivity contribution in [3.63, 3.8) is 0 Å². The van der Waals surface area contributed by atoms with Gasteiger partial charge in [0.1, 0.15) is 0 Å². The van der Waals surface area contributed by atoms with Gasteiger partial charge >= 0.3 is 12.2 Å². The van der Waals surface area contributed by atoms with Gasteiger partial charge in [0.25, 0.3) is 0 Å². The molecule has 1 aliphatic rings. The van der Waals surface area contributed by atoms with Crippen molar-refractivity contribution in [3.05, 3.63) is 65.2 Å². The molecule has 2 aromatic carbocycles. The lowest BCUT2D eigenvalue weighted by Gasteiger charge is -2.25. The molecule has 2 aromatic rings. The molecule has 0 bridgehead atoms. The van der Waals surface area contributed by atoms with E-state index in [0.717, 1.165) is 29.1 Å². The molecule has 3 rings (SSSR count). The minimum atomic E-state index is -4.44. The summed E-state index contributed by atoms with van der Waals surface area (Å²) >= 11 is 0. The largest absolute Gasteiger partial charge is 0.416 e. The highest BCUT2D eigenvalue weighted by Crippen LogP contribution is 2.30. The lowest BCUT2D eigenvalue weighted by molar-refractivity contribution is -0.137. The van der Waals surface area contributed by atoms with Gasteiger partial charge in [0.15, 0.2) is 6.10 Å². The van der Waals surface area contributed by atoms with Gasteiger partial charge in [-0.1, -0.05) is 29.4 Å². The van der Waals surface area contributed by atoms with Crippen LogP contribution in [-0.2, 0) is 17.6 Å². The topological polar surface area (TPSA) is 57.2 Å². The van der Waals surface area contributed by atoms with Crippen molar-refractivity contribution in [1.82, 2.24) is 10.2 Å². The summed E-state index contributed by atoms with van der Waals surface area (Å²) in [5.74, 6) is 0. The van der Waals surface area contributed by atoms with E-state index < -0.39 is 11.7 Å². The molecule has 1 heterocycles. The zero-order valence-corrected chi connectivity index (χ0v) is 18.3. The molecule has 0 aliphatic carbocycles. The average Bonchev–Trinajstić information content (AvgIpc) is 3.22. The third kappa shape index (κ3) is 5.93. The number of nitrogens with zero attached hydrogens (tertiary/aromatic N) is 3. The van der Waals surface area contributed by atoms with E-state index in [1.165, 1.54) is 11.0 Å². The zero-order valence-electron chi connectivity index (χ0n) is 18.3. The molecule has 32 heavy (non-hydrogen) atoms. The fraction of sp³-hybridized carbons (Fsp3) is 0.391. The van der Waals surface area contributed by atoms with Crippen LogP contribution in [-0.4, -0.2) is 49.9 Å². The molecule has 0 spiro atoms. The number of carbonyl (C=O) groups is 1. The van der Waals surface area contributed by atoms with Crippen molar-refractivity contribution in [3.8, 4) is 0 Å². The van der Waals surface area contributed by atoms with E-state index in [1.54, 1.807) is 13.0 Å². The number of hydrogen-bond acceptors (Lipinski definition) is 4. The summed E-state index contributed by atoms with van der Waals surface area (Å²) in [6.45, 7) is 2.42. The van der Waals surface area contributed by atoms with Crippen LogP contribution in [0.2, 0.25) is 0 Å². The molecule has 0 unspecified atom stereocenters. The molecule has 9 heteroatoms. The minimum Gasteiger partial charge on any atom is -0.390 e. The van der Waals surface area contributed by atoms with Crippen LogP contribution in [0.1, 0.15) is 30.0 Å². The van der Waals surface area contributed by atoms with Gasteiger partial charge in [-0.15, -0.1) is 0 Å². The molecule has 1 atom stereocenters. The second-order valence-corrected chi connectivity index (χ2v) is 7.82. The Morgan fingerprint density at radius 2 is 1.91 bits per heavy atom. The van der Waals surface area contributed by atoms with Crippen molar-refractivity contribution in [2.24, 2.45) is 5.16 Å². The number of rotatable bonds is 7. The maximum absolute atomic E-state index is 13.1. The average molecular weight is 448 g/mol. The molecule has 172 valence electrons. The fourth-order valence-corrected chi connectivity index (χ4v) is 3.44. The van der Waals surface area contributed by atoms with E-state index in [9.17, 15) is 18.0 Å². The van der Waals surface area contributed by atoms with Crippen LogP contribution < -0.4 is 10.2 Å². The number of nitrogens with one attached hydrogen (secondary N) is 1. The molecule has 0 saturated heterocycles. The smallest absolute Gasteiger partial charge is 0.390 e. The number of halogens is 3. The first kappa shape index (κ1) is 23.4. The number of alkyl halides is 3. The van der Waals surface area contributed by atoms with Gasteiger partial charge in [0, 0.05) is 39.3 Å². The predicted molar refractivity (Wildman–Crippen MR) is 118 cm³/mol. The summed E-state index contributed by atoms with van der Waals surface area (Å²) in [7, 11) is 3.92. The van der Waals surface area contributed by atoms with Crippen LogP contribution in [0.4, 0.5) is 23.7 Å². The van der Waals surface area contributed by atoms with E-state index >= 15 is 0 Å². The molecule has 6 nitrogen and oxygen atoms in total. The first-order valence-corrected chi connectivity index (χ1v) is 10.4. The Kier molecular flexibility index (Phi) is 7.27. The quantitative estimate of drug-likeness (QED) is 0.679. The lowest BCUT2D eigenvalue weighted by atomic mass is 10.0. The summed E-state index contributed by atoms with van der Waals surface area (Å²) < 4.78 is 39.2. The zero-order chi connectivity index (χ0) is 23.3. The van der Waals surface area contributed by atoms with Crippen LogP contribution >= 0.6 is 0 Å². The van der Waals surface area contributed by atoms with Crippen LogP contribution in [0.3, 0.4) is 0 Å². The van der Waals surface area contributed by atoms with Gasteiger partial charge in [-0.25, -0.2) is 4.79 Å². The Labute approximate surface area is 185 Å². The van der Waals surface area contributed by atoms with Crippen LogP contribution in [0.25, 0.3) is 0 Å². The number of benzene rings is 2. The van der Waals surface area contributed by atoms with E-state index in [4.69, 9.17) is 4.84 Å². The predicted octanol–water partition coefficient (Wildman–Crippen LogP) is 4.50. The maximum atomic E-state index is 13.1. The van der Waals surface area contributed by atoms with Crippen LogP contribution in [0.5, 0.6) is 0 Å². The molecule has 0 aromatic heterocycles. The van der Waals surface area contributed by atoms with Crippen LogP contribution in [0, 0.1) is 0 Å². The standard InChI is InChI=1S/C23H27F3N4O2/c1-4-27-22(31)30(14-16-6-5-7-18(12-16)23(24,25)26)15-20-13-21(28-32-20)17-8-10-19(11-9-17)29(2)3/h5-12,20H,4,13-15H2,1-3H3,(H,27,31)/t20-/m1/s1. The summed E-state index contributed by atoms with van der Waals surface area (Å²) in [5.41, 5.74) is 2.42. The molecule has 1 N–H and O–H groups in total. The van der Waals surface area contributed by atoms with Gasteiger partial charge in [-0.2, -0.15) is 13.2 Å². The Balaban J connectivity index is 1.68. The second-order valence-electron chi connectivity index (χ2n) is 7.82. The first-order valence-electron chi connectivity index (χ1n) is 10.4. The summed E-state index contributed by atoms with van der Waals surface area (Å²) in [6.07, 6.45) is -4.32. The van der Waals surface area contributed by atoms with E-state index in [-0.39, 0.29) is 25.2 Å². The van der Waals surface area contributed by atoms with E-state index in [0.29, 0.717) is 18.5 Å². The molecule has 0 fully saturated rings. The van der Waals surface area contributed by atoms with Crippen molar-refractivity contribution in [1.29, 1.82) is 0 Å². The normalized spacial score (nSPS) is 15.7. The van der Waals surface area contributed by atoms with E-state index in [1.807, 2.05) is 43.3 Å². The van der Waals surface area contributed by atoms with E-state index in [2.05, 4.69) is 10.5 Å². The van der Waals surface area contributed by atoms with Crippen molar-refractivity contribution < 1.29 is 22.8 Å².